The summed E-state index contributed by atoms with van der Waals surface area (Å²) in [6, 6.07) is 0. The van der Waals surface area contributed by atoms with E-state index in [-0.39, 0.29) is 18.6 Å². The Morgan fingerprint density at radius 1 is 1.57 bits per heavy atom. The normalized spacial score (nSPS) is 31.0. The van der Waals surface area contributed by atoms with Crippen molar-refractivity contribution in [1.29, 1.82) is 0 Å². The van der Waals surface area contributed by atoms with Crippen LogP contribution in [0.5, 0.6) is 0 Å². The first-order chi connectivity index (χ1) is 6.44. The van der Waals surface area contributed by atoms with Gasteiger partial charge in [-0.1, -0.05) is 0 Å². The van der Waals surface area contributed by atoms with Gasteiger partial charge in [0, 0.05) is 5.92 Å². The van der Waals surface area contributed by atoms with E-state index in [4.69, 9.17) is 0 Å². The molecule has 0 aromatic heterocycles. The second-order valence-corrected chi connectivity index (χ2v) is 5.69. The highest BCUT2D eigenvalue weighted by Gasteiger charge is 2.34. The Kier molecular flexibility index (Phi) is 3.47. The number of hydrogen-bond donors (Lipinski definition) is 0. The van der Waals surface area contributed by atoms with Crippen molar-refractivity contribution in [1.82, 2.24) is 0 Å². The standard InChI is InChI=1S/C8H13FO4S/c1-13-8(10)4-6-2-3-14(11,12)5-7(6)9/h6-7H,2-5H2,1H3. The van der Waals surface area contributed by atoms with Gasteiger partial charge < -0.3 is 4.74 Å². The SMILES string of the molecule is COC(=O)CC1CCS(=O)(=O)CC1F. The van der Waals surface area contributed by atoms with Gasteiger partial charge in [-0.05, 0) is 6.42 Å². The first kappa shape index (κ1) is 11.4. The highest BCUT2D eigenvalue weighted by molar-refractivity contribution is 7.91. The number of carbonyl (C=O) groups is 1. The molecule has 1 aliphatic heterocycles. The molecule has 4 nitrogen and oxygen atoms in total. The smallest absolute Gasteiger partial charge is 0.305 e. The lowest BCUT2D eigenvalue weighted by Crippen LogP contribution is -2.35. The fourth-order valence-electron chi connectivity index (χ4n) is 1.50. The molecule has 2 unspecified atom stereocenters. The number of methoxy groups -OCH3 is 1. The van der Waals surface area contributed by atoms with Crippen molar-refractivity contribution in [2.75, 3.05) is 18.6 Å². The van der Waals surface area contributed by atoms with Crippen LogP contribution in [0.15, 0.2) is 0 Å². The molecule has 82 valence electrons. The summed E-state index contributed by atoms with van der Waals surface area (Å²) in [4.78, 5) is 10.8. The predicted molar refractivity (Wildman–Crippen MR) is 48.3 cm³/mol. The molecule has 1 rings (SSSR count). The van der Waals surface area contributed by atoms with Gasteiger partial charge in [-0.3, -0.25) is 4.79 Å². The number of hydrogen-bond acceptors (Lipinski definition) is 4. The molecule has 0 N–H and O–H groups in total. The third-order valence-electron chi connectivity index (χ3n) is 2.38. The van der Waals surface area contributed by atoms with E-state index < -0.39 is 33.6 Å². The molecule has 0 aromatic rings. The summed E-state index contributed by atoms with van der Waals surface area (Å²) in [5, 5.41) is 0. The number of ether oxygens (including phenoxy) is 1. The second-order valence-electron chi connectivity index (χ2n) is 3.46. The summed E-state index contributed by atoms with van der Waals surface area (Å²) in [5.41, 5.74) is 0. The van der Waals surface area contributed by atoms with E-state index in [0.717, 1.165) is 0 Å². The Balaban J connectivity index is 2.54. The minimum Gasteiger partial charge on any atom is -0.469 e. The first-order valence-corrected chi connectivity index (χ1v) is 6.18. The maximum absolute atomic E-state index is 13.3. The fraction of sp³-hybridized carbons (Fsp3) is 0.875. The number of halogens is 1. The first-order valence-electron chi connectivity index (χ1n) is 4.36. The van der Waals surface area contributed by atoms with Crippen molar-refractivity contribution in [2.24, 2.45) is 5.92 Å². The van der Waals surface area contributed by atoms with E-state index >= 15 is 0 Å². The zero-order valence-corrected chi connectivity index (χ0v) is 8.72. The third-order valence-corrected chi connectivity index (χ3v) is 4.06. The molecule has 6 heteroatoms. The van der Waals surface area contributed by atoms with E-state index in [1.807, 2.05) is 0 Å². The second kappa shape index (κ2) is 4.25. The van der Waals surface area contributed by atoms with Crippen LogP contribution in [0.25, 0.3) is 0 Å². The van der Waals surface area contributed by atoms with Gasteiger partial charge in [0.1, 0.15) is 6.17 Å². The van der Waals surface area contributed by atoms with Crippen molar-refractivity contribution in [3.8, 4) is 0 Å². The Morgan fingerprint density at radius 3 is 2.71 bits per heavy atom. The van der Waals surface area contributed by atoms with E-state index in [2.05, 4.69) is 4.74 Å². The summed E-state index contributed by atoms with van der Waals surface area (Å²) in [7, 11) is -2.00. The third kappa shape index (κ3) is 2.94. The summed E-state index contributed by atoms with van der Waals surface area (Å²) < 4.78 is 39.7. The van der Waals surface area contributed by atoms with Gasteiger partial charge in [0.2, 0.25) is 0 Å². The molecule has 1 aliphatic rings. The molecule has 0 aliphatic carbocycles. The van der Waals surface area contributed by atoms with Gasteiger partial charge in [0.15, 0.2) is 9.84 Å². The van der Waals surface area contributed by atoms with Gasteiger partial charge in [-0.15, -0.1) is 0 Å². The van der Waals surface area contributed by atoms with Crippen LogP contribution in [0.1, 0.15) is 12.8 Å². The average molecular weight is 224 g/mol. The minimum absolute atomic E-state index is 0.0327. The Morgan fingerprint density at radius 2 is 2.21 bits per heavy atom. The highest BCUT2D eigenvalue weighted by Crippen LogP contribution is 2.25. The zero-order valence-electron chi connectivity index (χ0n) is 7.90. The average Bonchev–Trinajstić information content (AvgIpc) is 2.09. The fourth-order valence-corrected chi connectivity index (χ4v) is 3.09. The van der Waals surface area contributed by atoms with Crippen LogP contribution < -0.4 is 0 Å². The minimum atomic E-state index is -3.23. The summed E-state index contributed by atoms with van der Waals surface area (Å²) in [5.74, 6) is -1.49. The van der Waals surface area contributed by atoms with Crippen LogP contribution >= 0.6 is 0 Å². The quantitative estimate of drug-likeness (QED) is 0.634. The lowest BCUT2D eigenvalue weighted by Gasteiger charge is -2.24. The van der Waals surface area contributed by atoms with Crippen LogP contribution in [-0.4, -0.2) is 39.2 Å². The number of alkyl halides is 1. The van der Waals surface area contributed by atoms with Crippen molar-refractivity contribution < 1.29 is 22.3 Å². The molecule has 0 amide bonds. The molecule has 0 saturated carbocycles. The molecular formula is C8H13FO4S. The number of sulfone groups is 1. The number of rotatable bonds is 2. The molecular weight excluding hydrogens is 211 g/mol. The lowest BCUT2D eigenvalue weighted by atomic mass is 9.97. The van der Waals surface area contributed by atoms with Crippen LogP contribution in [0, 0.1) is 5.92 Å². The van der Waals surface area contributed by atoms with Crippen molar-refractivity contribution in [3.63, 3.8) is 0 Å². The van der Waals surface area contributed by atoms with Crippen LogP contribution in [0.3, 0.4) is 0 Å². The van der Waals surface area contributed by atoms with E-state index in [1.165, 1.54) is 7.11 Å². The summed E-state index contributed by atoms with van der Waals surface area (Å²) >= 11 is 0. The van der Waals surface area contributed by atoms with Crippen LogP contribution in [-0.2, 0) is 19.4 Å². The van der Waals surface area contributed by atoms with E-state index in [9.17, 15) is 17.6 Å². The molecule has 1 heterocycles. The summed E-state index contributed by atoms with van der Waals surface area (Å²) in [6.07, 6.45) is -1.26. The zero-order chi connectivity index (χ0) is 10.8. The Bertz CT molecular complexity index is 311. The number of carbonyl (C=O) groups excluding carboxylic acids is 1. The maximum atomic E-state index is 13.3. The summed E-state index contributed by atoms with van der Waals surface area (Å²) in [6.45, 7) is 0. The molecule has 0 spiro atoms. The lowest BCUT2D eigenvalue weighted by molar-refractivity contribution is -0.142. The largest absolute Gasteiger partial charge is 0.469 e. The topological polar surface area (TPSA) is 60.4 Å². The molecule has 2 atom stereocenters. The van der Waals surface area contributed by atoms with E-state index in [1.54, 1.807) is 0 Å². The van der Waals surface area contributed by atoms with Gasteiger partial charge >= 0.3 is 5.97 Å². The molecule has 0 aromatic carbocycles. The van der Waals surface area contributed by atoms with Crippen molar-refractivity contribution in [3.05, 3.63) is 0 Å². The van der Waals surface area contributed by atoms with Crippen LogP contribution in [0.2, 0.25) is 0 Å². The Hall–Kier alpha value is -0.650. The predicted octanol–water partition coefficient (Wildman–Crippen LogP) is 0.322. The number of esters is 1. The molecule has 1 saturated heterocycles. The highest BCUT2D eigenvalue weighted by atomic mass is 32.2. The van der Waals surface area contributed by atoms with Gasteiger partial charge in [0.05, 0.1) is 25.0 Å². The van der Waals surface area contributed by atoms with Gasteiger partial charge in [0.25, 0.3) is 0 Å². The molecule has 1 fully saturated rings. The molecule has 0 radical (unpaired) electrons. The molecule has 0 bridgehead atoms. The maximum Gasteiger partial charge on any atom is 0.305 e. The van der Waals surface area contributed by atoms with Crippen molar-refractivity contribution in [2.45, 2.75) is 19.0 Å². The van der Waals surface area contributed by atoms with Gasteiger partial charge in [-0.2, -0.15) is 0 Å². The Labute approximate surface area is 82.4 Å². The van der Waals surface area contributed by atoms with E-state index in [0.29, 0.717) is 0 Å². The van der Waals surface area contributed by atoms with Crippen LogP contribution in [0.4, 0.5) is 4.39 Å². The van der Waals surface area contributed by atoms with Crippen molar-refractivity contribution >= 4 is 15.8 Å². The monoisotopic (exact) mass is 224 g/mol. The van der Waals surface area contributed by atoms with Gasteiger partial charge in [-0.25, -0.2) is 12.8 Å². The molecule has 14 heavy (non-hydrogen) atoms.